The number of rotatable bonds is 3. The van der Waals surface area contributed by atoms with E-state index >= 15 is 0 Å². The molecule has 0 N–H and O–H groups in total. The first-order chi connectivity index (χ1) is 13.3. The number of likely N-dealkylation sites (tertiary alicyclic amines) is 1. The van der Waals surface area contributed by atoms with Gasteiger partial charge in [-0.1, -0.05) is 6.42 Å². The van der Waals surface area contributed by atoms with E-state index in [0.717, 1.165) is 36.3 Å². The highest BCUT2D eigenvalue weighted by atomic mass is 15.3. The van der Waals surface area contributed by atoms with Gasteiger partial charge in [-0.3, -0.25) is 0 Å². The van der Waals surface area contributed by atoms with Crippen molar-refractivity contribution in [3.05, 3.63) is 30.5 Å². The highest BCUT2D eigenvalue weighted by Crippen LogP contribution is 2.43. The molecule has 1 aliphatic carbocycles. The molecule has 1 spiro atoms. The van der Waals surface area contributed by atoms with E-state index in [1.54, 1.807) is 6.20 Å². The Balaban J connectivity index is 1.18. The number of nitrogens with zero attached hydrogens (tertiary/aromatic N) is 6. The predicted molar refractivity (Wildman–Crippen MR) is 105 cm³/mol. The second-order valence-corrected chi connectivity index (χ2v) is 8.49. The van der Waals surface area contributed by atoms with Gasteiger partial charge in [0.2, 0.25) is 0 Å². The van der Waals surface area contributed by atoms with Crippen LogP contribution >= 0.6 is 0 Å². The molecule has 0 amide bonds. The Kier molecular flexibility index (Phi) is 4.52. The molecule has 0 bridgehead atoms. The third-order valence-electron chi connectivity index (χ3n) is 7.08. The molecule has 0 radical (unpaired) electrons. The van der Waals surface area contributed by atoms with E-state index in [1.807, 2.05) is 18.2 Å². The average molecular weight is 364 g/mol. The molecule has 3 aliphatic rings. The van der Waals surface area contributed by atoms with E-state index in [1.165, 1.54) is 58.0 Å². The first-order valence-electron chi connectivity index (χ1n) is 10.4. The molecule has 2 saturated heterocycles. The SMILES string of the molecule is c1cnnc(-c2ccc(N3CCC4(CC3)CCN(C3CCC3)CC4)nn2)c1. The lowest BCUT2D eigenvalue weighted by Gasteiger charge is -2.50. The Morgan fingerprint density at radius 1 is 0.815 bits per heavy atom. The van der Waals surface area contributed by atoms with E-state index < -0.39 is 0 Å². The van der Waals surface area contributed by atoms with Crippen LogP contribution in [0.5, 0.6) is 0 Å². The topological polar surface area (TPSA) is 58.0 Å². The summed E-state index contributed by atoms with van der Waals surface area (Å²) in [5, 5.41) is 16.9. The zero-order chi connectivity index (χ0) is 18.1. The van der Waals surface area contributed by atoms with Crippen molar-refractivity contribution < 1.29 is 0 Å². The zero-order valence-electron chi connectivity index (χ0n) is 15.9. The Morgan fingerprint density at radius 3 is 2.15 bits per heavy atom. The summed E-state index contributed by atoms with van der Waals surface area (Å²) in [6.07, 6.45) is 11.3. The predicted octanol–water partition coefficient (Wildman–Crippen LogP) is 3.17. The Bertz CT molecular complexity index is 740. The van der Waals surface area contributed by atoms with Crippen LogP contribution < -0.4 is 4.90 Å². The van der Waals surface area contributed by atoms with E-state index in [4.69, 9.17) is 0 Å². The standard InChI is InChI=1S/C21H28N6/c1-3-17(4-1)26-13-8-21(9-14-26)10-15-27(16-11-21)20-7-6-19(24-25-20)18-5-2-12-22-23-18/h2,5-7,12,17H,1,3-4,8-11,13-16H2. The van der Waals surface area contributed by atoms with Crippen LogP contribution in [-0.4, -0.2) is 57.5 Å². The molecule has 2 aromatic rings. The van der Waals surface area contributed by atoms with Gasteiger partial charge < -0.3 is 9.80 Å². The minimum absolute atomic E-state index is 0.573. The summed E-state index contributed by atoms with van der Waals surface area (Å²) < 4.78 is 0. The van der Waals surface area contributed by atoms with Crippen LogP contribution in [0.1, 0.15) is 44.9 Å². The van der Waals surface area contributed by atoms with Gasteiger partial charge >= 0.3 is 0 Å². The molecule has 6 heteroatoms. The smallest absolute Gasteiger partial charge is 0.151 e. The molecule has 0 unspecified atom stereocenters. The summed E-state index contributed by atoms with van der Waals surface area (Å²) >= 11 is 0. The molecule has 5 rings (SSSR count). The quantitative estimate of drug-likeness (QED) is 0.834. The van der Waals surface area contributed by atoms with Gasteiger partial charge in [0.25, 0.3) is 0 Å². The molecule has 6 nitrogen and oxygen atoms in total. The molecule has 0 aromatic carbocycles. The Morgan fingerprint density at radius 2 is 1.56 bits per heavy atom. The molecular formula is C21H28N6. The van der Waals surface area contributed by atoms with Crippen LogP contribution in [0.2, 0.25) is 0 Å². The molecule has 1 saturated carbocycles. The summed E-state index contributed by atoms with van der Waals surface area (Å²) in [6.45, 7) is 4.83. The molecule has 0 atom stereocenters. The molecule has 142 valence electrons. The lowest BCUT2D eigenvalue weighted by Crippen LogP contribution is -2.51. The van der Waals surface area contributed by atoms with Crippen LogP contribution in [0.15, 0.2) is 30.5 Å². The minimum atomic E-state index is 0.573. The Hall–Kier alpha value is -2.08. The van der Waals surface area contributed by atoms with Gasteiger partial charge in [-0.2, -0.15) is 5.10 Å². The highest BCUT2D eigenvalue weighted by Gasteiger charge is 2.39. The summed E-state index contributed by atoms with van der Waals surface area (Å²) in [4.78, 5) is 5.16. The van der Waals surface area contributed by atoms with Gasteiger partial charge in [-0.25, -0.2) is 0 Å². The normalized spacial score (nSPS) is 23.3. The van der Waals surface area contributed by atoms with Gasteiger partial charge in [-0.05, 0) is 81.3 Å². The number of piperidine rings is 2. The van der Waals surface area contributed by atoms with Crippen molar-refractivity contribution in [1.82, 2.24) is 25.3 Å². The molecule has 4 heterocycles. The minimum Gasteiger partial charge on any atom is -0.355 e. The van der Waals surface area contributed by atoms with Crippen molar-refractivity contribution in [2.45, 2.75) is 51.0 Å². The summed E-state index contributed by atoms with van der Waals surface area (Å²) in [7, 11) is 0. The Labute approximate surface area is 161 Å². The average Bonchev–Trinajstić information content (AvgIpc) is 2.70. The van der Waals surface area contributed by atoms with Gasteiger partial charge in [0.1, 0.15) is 11.4 Å². The van der Waals surface area contributed by atoms with Crippen LogP contribution in [-0.2, 0) is 0 Å². The monoisotopic (exact) mass is 364 g/mol. The van der Waals surface area contributed by atoms with Crippen molar-refractivity contribution in [3.63, 3.8) is 0 Å². The lowest BCUT2D eigenvalue weighted by molar-refractivity contribution is 0.0305. The van der Waals surface area contributed by atoms with Crippen LogP contribution in [0.25, 0.3) is 11.4 Å². The van der Waals surface area contributed by atoms with E-state index in [-0.39, 0.29) is 0 Å². The fourth-order valence-corrected chi connectivity index (χ4v) is 4.89. The fourth-order valence-electron chi connectivity index (χ4n) is 4.89. The second-order valence-electron chi connectivity index (χ2n) is 8.49. The van der Waals surface area contributed by atoms with Crippen molar-refractivity contribution in [2.24, 2.45) is 5.41 Å². The van der Waals surface area contributed by atoms with Crippen molar-refractivity contribution in [2.75, 3.05) is 31.1 Å². The van der Waals surface area contributed by atoms with E-state index in [0.29, 0.717) is 5.41 Å². The molecule has 2 aromatic heterocycles. The third kappa shape index (κ3) is 3.43. The first kappa shape index (κ1) is 17.0. The van der Waals surface area contributed by atoms with Crippen molar-refractivity contribution in [1.29, 1.82) is 0 Å². The van der Waals surface area contributed by atoms with E-state index in [2.05, 4.69) is 36.3 Å². The maximum Gasteiger partial charge on any atom is 0.151 e. The van der Waals surface area contributed by atoms with Crippen molar-refractivity contribution in [3.8, 4) is 11.4 Å². The van der Waals surface area contributed by atoms with Gasteiger partial charge in [0.15, 0.2) is 5.82 Å². The highest BCUT2D eigenvalue weighted by molar-refractivity contribution is 5.54. The maximum atomic E-state index is 4.47. The van der Waals surface area contributed by atoms with Gasteiger partial charge in [-0.15, -0.1) is 15.3 Å². The first-order valence-corrected chi connectivity index (χ1v) is 10.4. The molecule has 3 fully saturated rings. The zero-order valence-corrected chi connectivity index (χ0v) is 15.9. The van der Waals surface area contributed by atoms with Crippen LogP contribution in [0.3, 0.4) is 0 Å². The number of hydrogen-bond acceptors (Lipinski definition) is 6. The maximum absolute atomic E-state index is 4.47. The van der Waals surface area contributed by atoms with E-state index in [9.17, 15) is 0 Å². The largest absolute Gasteiger partial charge is 0.355 e. The summed E-state index contributed by atoms with van der Waals surface area (Å²) in [6, 6.07) is 8.78. The second kappa shape index (κ2) is 7.15. The van der Waals surface area contributed by atoms with Crippen LogP contribution in [0.4, 0.5) is 5.82 Å². The lowest BCUT2D eigenvalue weighted by atomic mass is 9.70. The fraction of sp³-hybridized carbons (Fsp3) is 0.619. The van der Waals surface area contributed by atoms with Crippen LogP contribution in [0, 0.1) is 5.41 Å². The molecular weight excluding hydrogens is 336 g/mol. The number of hydrogen-bond donors (Lipinski definition) is 0. The third-order valence-corrected chi connectivity index (χ3v) is 7.08. The van der Waals surface area contributed by atoms with Gasteiger partial charge in [0.05, 0.1) is 0 Å². The molecule has 27 heavy (non-hydrogen) atoms. The summed E-state index contributed by atoms with van der Waals surface area (Å²) in [5.74, 6) is 0.990. The number of aromatic nitrogens is 4. The van der Waals surface area contributed by atoms with Crippen molar-refractivity contribution >= 4 is 5.82 Å². The van der Waals surface area contributed by atoms with Gasteiger partial charge in [0, 0.05) is 25.3 Å². The molecule has 2 aliphatic heterocycles. The number of anilines is 1. The summed E-state index contributed by atoms with van der Waals surface area (Å²) in [5.41, 5.74) is 2.13.